The lowest BCUT2D eigenvalue weighted by atomic mass is 10.2. The number of benzene rings is 2. The Morgan fingerprint density at radius 1 is 1.16 bits per heavy atom. The van der Waals surface area contributed by atoms with Gasteiger partial charge in [-0.05, 0) is 38.1 Å². The summed E-state index contributed by atoms with van der Waals surface area (Å²) in [5.74, 6) is 0.524. The summed E-state index contributed by atoms with van der Waals surface area (Å²) < 4.78 is 8.93. The van der Waals surface area contributed by atoms with Crippen molar-refractivity contribution in [3.8, 4) is 5.75 Å². The first-order valence-electron chi connectivity index (χ1n) is 9.67. The molecule has 0 radical (unpaired) electrons. The Balaban J connectivity index is 1.48. The van der Waals surface area contributed by atoms with Crippen LogP contribution in [0.3, 0.4) is 0 Å². The van der Waals surface area contributed by atoms with Gasteiger partial charge in [-0.1, -0.05) is 29.8 Å². The molecule has 1 amide bonds. The van der Waals surface area contributed by atoms with E-state index in [1.807, 2.05) is 13.8 Å². The number of halogens is 1. The molecule has 0 spiro atoms. The summed E-state index contributed by atoms with van der Waals surface area (Å²) in [5.41, 5.74) is 1.18. The Bertz CT molecular complexity index is 1310. The molecule has 0 saturated heterocycles. The highest BCUT2D eigenvalue weighted by atomic mass is 35.5. The summed E-state index contributed by atoms with van der Waals surface area (Å²) in [7, 11) is 0. The number of anilines is 1. The van der Waals surface area contributed by atoms with Crippen LogP contribution in [0.1, 0.15) is 35.9 Å². The molecular formula is C22H20ClN5O3. The minimum Gasteiger partial charge on any atom is -0.487 e. The van der Waals surface area contributed by atoms with Gasteiger partial charge in [-0.25, -0.2) is 4.98 Å². The van der Waals surface area contributed by atoms with Crippen molar-refractivity contribution in [3.05, 3.63) is 87.6 Å². The van der Waals surface area contributed by atoms with Gasteiger partial charge in [0.2, 0.25) is 0 Å². The van der Waals surface area contributed by atoms with Gasteiger partial charge in [0.05, 0.1) is 16.3 Å². The van der Waals surface area contributed by atoms with Crippen molar-refractivity contribution >= 4 is 29.0 Å². The number of hydrogen-bond donors (Lipinski definition) is 1. The Labute approximate surface area is 183 Å². The van der Waals surface area contributed by atoms with E-state index in [1.54, 1.807) is 59.5 Å². The zero-order valence-corrected chi connectivity index (χ0v) is 17.7. The number of aromatic nitrogens is 4. The van der Waals surface area contributed by atoms with Crippen LogP contribution in [0.15, 0.2) is 65.7 Å². The van der Waals surface area contributed by atoms with Gasteiger partial charge in [-0.15, -0.1) is 0 Å². The second kappa shape index (κ2) is 8.61. The average Bonchev–Trinajstić information content (AvgIpc) is 3.18. The van der Waals surface area contributed by atoms with Crippen LogP contribution >= 0.6 is 11.6 Å². The van der Waals surface area contributed by atoms with Crippen LogP contribution in [0.25, 0.3) is 5.78 Å². The van der Waals surface area contributed by atoms with E-state index >= 15 is 0 Å². The number of nitrogens with zero attached hydrogens (tertiary/aromatic N) is 4. The molecule has 0 aliphatic carbocycles. The van der Waals surface area contributed by atoms with Gasteiger partial charge in [0, 0.05) is 23.9 Å². The zero-order valence-electron chi connectivity index (χ0n) is 16.9. The van der Waals surface area contributed by atoms with E-state index in [2.05, 4.69) is 15.3 Å². The maximum absolute atomic E-state index is 12.5. The molecule has 0 aliphatic rings. The standard InChI is InChI=1S/C22H20ClN5O3/c1-14(2)27-13-24-22-26-16(11-20(29)28(22)27)12-31-17-7-5-6-15(10-17)25-21(30)18-8-3-4-9-19(18)23/h3-11,13-14H,12H2,1-2H3,(H,25,30). The highest BCUT2D eigenvalue weighted by Crippen LogP contribution is 2.21. The van der Waals surface area contributed by atoms with E-state index in [9.17, 15) is 9.59 Å². The molecule has 4 rings (SSSR count). The van der Waals surface area contributed by atoms with Crippen LogP contribution in [0, 0.1) is 0 Å². The highest BCUT2D eigenvalue weighted by molar-refractivity contribution is 6.34. The Kier molecular flexibility index (Phi) is 5.73. The Morgan fingerprint density at radius 2 is 1.97 bits per heavy atom. The molecule has 4 aromatic rings. The van der Waals surface area contributed by atoms with Crippen molar-refractivity contribution in [1.82, 2.24) is 19.2 Å². The van der Waals surface area contributed by atoms with Gasteiger partial charge in [-0.3, -0.25) is 14.3 Å². The predicted molar refractivity (Wildman–Crippen MR) is 118 cm³/mol. The lowest BCUT2D eigenvalue weighted by Gasteiger charge is -2.10. The lowest BCUT2D eigenvalue weighted by molar-refractivity contribution is 0.102. The fourth-order valence-corrected chi connectivity index (χ4v) is 3.30. The van der Waals surface area contributed by atoms with Gasteiger partial charge in [0.25, 0.3) is 17.2 Å². The second-order valence-electron chi connectivity index (χ2n) is 7.17. The van der Waals surface area contributed by atoms with Crippen molar-refractivity contribution in [3.63, 3.8) is 0 Å². The SMILES string of the molecule is CC(C)n1cnc2nc(COc3cccc(NC(=O)c4ccccc4Cl)c3)cc(=O)n21. The number of fused-ring (bicyclic) bond motifs is 1. The number of nitrogens with one attached hydrogen (secondary N) is 1. The molecule has 2 aromatic heterocycles. The predicted octanol–water partition coefficient (Wildman–Crippen LogP) is 3.96. The van der Waals surface area contributed by atoms with Crippen LogP contribution < -0.4 is 15.6 Å². The normalized spacial score (nSPS) is 11.1. The van der Waals surface area contributed by atoms with Gasteiger partial charge < -0.3 is 10.1 Å². The summed E-state index contributed by atoms with van der Waals surface area (Å²) in [6.07, 6.45) is 1.59. The number of carbonyl (C=O) groups excluding carboxylic acids is 1. The van der Waals surface area contributed by atoms with Crippen molar-refractivity contribution in [2.75, 3.05) is 5.32 Å². The maximum Gasteiger partial charge on any atom is 0.274 e. The van der Waals surface area contributed by atoms with Gasteiger partial charge >= 0.3 is 0 Å². The molecule has 31 heavy (non-hydrogen) atoms. The molecule has 0 saturated carbocycles. The van der Waals surface area contributed by atoms with E-state index < -0.39 is 0 Å². The minimum atomic E-state index is -0.316. The van der Waals surface area contributed by atoms with Crippen LogP contribution in [0.5, 0.6) is 5.75 Å². The van der Waals surface area contributed by atoms with E-state index in [0.29, 0.717) is 33.5 Å². The van der Waals surface area contributed by atoms with Gasteiger partial charge in [0.1, 0.15) is 18.7 Å². The third kappa shape index (κ3) is 4.44. The van der Waals surface area contributed by atoms with E-state index in [0.717, 1.165) is 0 Å². The summed E-state index contributed by atoms with van der Waals surface area (Å²) in [4.78, 5) is 33.5. The number of carbonyl (C=O) groups is 1. The molecule has 2 heterocycles. The molecule has 0 unspecified atom stereocenters. The third-order valence-electron chi connectivity index (χ3n) is 4.58. The Hall–Kier alpha value is -3.65. The van der Waals surface area contributed by atoms with Crippen LogP contribution in [0.2, 0.25) is 5.02 Å². The first-order chi connectivity index (χ1) is 14.9. The van der Waals surface area contributed by atoms with Crippen LogP contribution in [-0.2, 0) is 6.61 Å². The monoisotopic (exact) mass is 437 g/mol. The molecular weight excluding hydrogens is 418 g/mol. The molecule has 9 heteroatoms. The largest absolute Gasteiger partial charge is 0.487 e. The van der Waals surface area contributed by atoms with Crippen LogP contribution in [-0.4, -0.2) is 25.1 Å². The van der Waals surface area contributed by atoms with E-state index in [4.69, 9.17) is 16.3 Å². The molecule has 1 N–H and O–H groups in total. The molecule has 0 bridgehead atoms. The fraction of sp³-hybridized carbons (Fsp3) is 0.182. The number of ether oxygens (including phenoxy) is 1. The molecule has 0 aliphatic heterocycles. The topological polar surface area (TPSA) is 90.5 Å². The third-order valence-corrected chi connectivity index (χ3v) is 4.91. The first-order valence-corrected chi connectivity index (χ1v) is 10.0. The number of hydrogen-bond acceptors (Lipinski definition) is 5. The quantitative estimate of drug-likeness (QED) is 0.493. The highest BCUT2D eigenvalue weighted by Gasteiger charge is 2.12. The number of rotatable bonds is 6. The van der Waals surface area contributed by atoms with Gasteiger partial charge in [0.15, 0.2) is 0 Å². The second-order valence-corrected chi connectivity index (χ2v) is 7.57. The smallest absolute Gasteiger partial charge is 0.274 e. The summed E-state index contributed by atoms with van der Waals surface area (Å²) >= 11 is 6.08. The number of amides is 1. The van der Waals surface area contributed by atoms with Crippen molar-refractivity contribution < 1.29 is 9.53 Å². The molecule has 0 atom stereocenters. The molecule has 0 fully saturated rings. The molecule has 158 valence electrons. The fourth-order valence-electron chi connectivity index (χ4n) is 3.08. The average molecular weight is 438 g/mol. The van der Waals surface area contributed by atoms with E-state index in [-0.39, 0.29) is 24.1 Å². The summed E-state index contributed by atoms with van der Waals surface area (Å²) in [5, 5.41) is 3.17. The minimum absolute atomic E-state index is 0.0790. The van der Waals surface area contributed by atoms with Crippen molar-refractivity contribution in [2.24, 2.45) is 0 Å². The Morgan fingerprint density at radius 3 is 2.74 bits per heavy atom. The van der Waals surface area contributed by atoms with E-state index in [1.165, 1.54) is 10.6 Å². The maximum atomic E-state index is 12.5. The van der Waals surface area contributed by atoms with Crippen molar-refractivity contribution in [2.45, 2.75) is 26.5 Å². The van der Waals surface area contributed by atoms with Crippen molar-refractivity contribution in [1.29, 1.82) is 0 Å². The summed E-state index contributed by atoms with van der Waals surface area (Å²) in [6, 6.07) is 15.3. The lowest BCUT2D eigenvalue weighted by Crippen LogP contribution is -2.23. The van der Waals surface area contributed by atoms with Gasteiger partial charge in [-0.2, -0.15) is 9.50 Å². The zero-order chi connectivity index (χ0) is 22.0. The molecule has 2 aromatic carbocycles. The molecule has 8 nitrogen and oxygen atoms in total. The first kappa shape index (κ1) is 20.6. The van der Waals surface area contributed by atoms with Crippen LogP contribution in [0.4, 0.5) is 5.69 Å². The summed E-state index contributed by atoms with van der Waals surface area (Å²) in [6.45, 7) is 4.01.